The van der Waals surface area contributed by atoms with Crippen LogP contribution in [-0.4, -0.2) is 128 Å². The summed E-state index contributed by atoms with van der Waals surface area (Å²) >= 11 is 0. The first-order chi connectivity index (χ1) is 58.5. The number of benzene rings is 9. The number of hydrogen-bond donors (Lipinski definition) is 2. The van der Waals surface area contributed by atoms with Gasteiger partial charge in [0.25, 0.3) is 23.6 Å². The first-order valence-electron chi connectivity index (χ1n) is 42.6. The minimum absolute atomic E-state index is 0.0351. The first kappa shape index (κ1) is 86.1. The zero-order valence-electron chi connectivity index (χ0n) is 73.1. The molecule has 22 nitrogen and oxygen atoms in total. The Kier molecular flexibility index (Phi) is 24.9. The molecule has 2 fully saturated rings. The molecule has 24 heteroatoms. The largest absolute Gasteiger partial charge is 0.504 e. The number of hydrogen-bond acceptors (Lipinski definition) is 18. The number of pyridine rings is 2. The van der Waals surface area contributed by atoms with Crippen molar-refractivity contribution in [2.75, 3.05) is 53.3 Å². The van der Waals surface area contributed by atoms with Crippen LogP contribution in [0.4, 0.5) is 11.6 Å². The molecule has 11 aromatic rings. The monoisotopic (exact) mass is 1680 g/mol. The second-order valence-electron chi connectivity index (χ2n) is 34.5. The van der Waals surface area contributed by atoms with Gasteiger partial charge in [0.05, 0.1) is 22.3 Å². The highest BCUT2D eigenvalue weighted by Crippen LogP contribution is 2.59. The Hall–Kier alpha value is -10.8. The Labute approximate surface area is 715 Å². The van der Waals surface area contributed by atoms with Gasteiger partial charge < -0.3 is 56.1 Å². The molecular formula is C98H110N6O16Si2. The van der Waals surface area contributed by atoms with Crippen LogP contribution in [-0.2, 0) is 48.2 Å². The Morgan fingerprint density at radius 2 is 0.615 bits per heavy atom. The molecule has 0 saturated heterocycles. The quantitative estimate of drug-likeness (QED) is 0.0184. The summed E-state index contributed by atoms with van der Waals surface area (Å²) in [5.74, 6) is -2.29. The highest BCUT2D eigenvalue weighted by atomic mass is 28.4. The number of rotatable bonds is 30. The average molecular weight is 1680 g/mol. The highest BCUT2D eigenvalue weighted by Gasteiger charge is 2.50. The zero-order chi connectivity index (χ0) is 86.7. The molecular weight excluding hydrogens is 1570 g/mol. The fraction of sp³-hybridized carbons (Fsp3) is 0.388. The number of nitrogens with one attached hydrogen (secondary N) is 2. The molecule has 4 heterocycles. The fourth-order valence-corrected chi connectivity index (χ4v) is 21.9. The Bertz CT molecular complexity index is 5320. The molecule has 2 aromatic heterocycles. The SMILES string of the molecule is CO[Si](Cc1ccnc(NC(=O)C(C2CCCCC2)N2C(=O)c3cc(Oc4ccc(C(C)C)cc4C)c4c5c(Oc6ccc(C(C)C)cc6C)cc6c7c(cc(Oc8ccc(C(C)C)cc8C)c(c8c(Oc9ccc(C(C)C)cc9C)cc(c3c48)C2=O)c75)C(=O)N(C(C(=O)Nc2cc(C[Si](OC)(OC)OC)ccn2)C2CCCCC2)C6=O)c1)(OC)OC. The van der Waals surface area contributed by atoms with Crippen molar-refractivity contribution < 1.29 is 74.3 Å². The maximum absolute atomic E-state index is 17.1. The molecule has 0 spiro atoms. The lowest BCUT2D eigenvalue weighted by Gasteiger charge is -2.39. The van der Waals surface area contributed by atoms with Gasteiger partial charge in [-0.1, -0.05) is 142 Å². The zero-order valence-corrected chi connectivity index (χ0v) is 75.1. The molecule has 2 aliphatic carbocycles. The molecule has 0 radical (unpaired) electrons. The van der Waals surface area contributed by atoms with E-state index in [0.717, 1.165) is 92.8 Å². The topological polar surface area (TPSA) is 251 Å². The second-order valence-corrected chi connectivity index (χ2v) is 40.4. The van der Waals surface area contributed by atoms with Crippen molar-refractivity contribution in [3.05, 3.63) is 212 Å². The molecule has 122 heavy (non-hydrogen) atoms. The Balaban J connectivity index is 1.06. The van der Waals surface area contributed by atoms with Crippen molar-refractivity contribution in [3.63, 3.8) is 0 Å². The maximum Gasteiger partial charge on any atom is 0.504 e. The van der Waals surface area contributed by atoms with Crippen molar-refractivity contribution in [1.29, 1.82) is 0 Å². The first-order valence-corrected chi connectivity index (χ1v) is 46.5. The number of fused-ring (bicyclic) bond motifs is 2. The highest BCUT2D eigenvalue weighted by molar-refractivity contribution is 6.60. The van der Waals surface area contributed by atoms with Gasteiger partial charge >= 0.3 is 17.6 Å². The molecule has 0 bridgehead atoms. The van der Waals surface area contributed by atoms with E-state index in [9.17, 15) is 0 Å². The normalized spacial score (nSPS) is 15.5. The third-order valence-corrected chi connectivity index (χ3v) is 30.9. The van der Waals surface area contributed by atoms with E-state index in [-0.39, 0.29) is 103 Å². The van der Waals surface area contributed by atoms with Gasteiger partial charge in [-0.05, 0) is 217 Å². The van der Waals surface area contributed by atoms with Crippen LogP contribution in [0.15, 0.2) is 134 Å². The van der Waals surface area contributed by atoms with Gasteiger partial charge in [0.2, 0.25) is 11.8 Å². The number of imide groups is 2. The standard InChI is InChI=1S/C98H110N6O16Si2/c1-53(2)65-29-33-73(57(9)41-65)117-77-47-69-83-70(96(108)103(95(69)107)91(63-25-21-19-22-26-63)93(105)101-81-45-61(37-39-99-81)51-121(111-13,112-14)113-15)49-79(119-75-35-31-67(55(5)6)43-59(75)11)87-88-80(120-76-36-32-68(56(7)8)44-60(76)12)50-72-84-71(48-78(86(90(84)88)85(77)89(83)87)118-74-34-30-66(54(3)4)42-58(74)10)97(109)104(98(72)110)92(64-27-23-20-24-28-64)94(106)102-82-46-62(38-40-100-82)52-122(114-16,115-17)116-18/h29-50,53-56,63-64,91-92H,19-28,51-52H2,1-18H3,(H,99,101,105)(H,100,102,106). The molecule has 636 valence electrons. The van der Waals surface area contributed by atoms with E-state index >= 15 is 28.8 Å². The van der Waals surface area contributed by atoms with E-state index in [2.05, 4.69) is 100 Å². The summed E-state index contributed by atoms with van der Waals surface area (Å²) in [5.41, 5.74) is 8.77. The van der Waals surface area contributed by atoms with Crippen LogP contribution >= 0.6 is 0 Å². The summed E-state index contributed by atoms with van der Waals surface area (Å²) in [6, 6.07) is 35.3. The van der Waals surface area contributed by atoms with Crippen LogP contribution in [0.1, 0.15) is 240 Å². The molecule has 9 aromatic carbocycles. The molecule has 6 amide bonds. The average Bonchev–Trinajstić information content (AvgIpc) is 0.668. The third-order valence-electron chi connectivity index (χ3n) is 25.4. The van der Waals surface area contributed by atoms with E-state index in [4.69, 9.17) is 45.5 Å². The van der Waals surface area contributed by atoms with Crippen molar-refractivity contribution in [2.24, 2.45) is 11.8 Å². The van der Waals surface area contributed by atoms with Crippen LogP contribution in [0.2, 0.25) is 0 Å². The van der Waals surface area contributed by atoms with Gasteiger partial charge in [0, 0.05) is 110 Å². The van der Waals surface area contributed by atoms with Crippen LogP contribution in [0.3, 0.4) is 0 Å². The number of amides is 6. The van der Waals surface area contributed by atoms with E-state index in [1.807, 2.05) is 76.2 Å². The molecule has 2 saturated carbocycles. The molecule has 2 unspecified atom stereocenters. The van der Waals surface area contributed by atoms with E-state index in [1.54, 1.807) is 60.9 Å². The van der Waals surface area contributed by atoms with Crippen LogP contribution in [0.25, 0.3) is 43.1 Å². The van der Waals surface area contributed by atoms with Crippen molar-refractivity contribution in [2.45, 2.75) is 195 Å². The minimum Gasteiger partial charge on any atom is -0.456 e. The number of aryl methyl sites for hydroxylation is 4. The number of carbonyl (C=O) groups is 6. The molecule has 2 N–H and O–H groups in total. The summed E-state index contributed by atoms with van der Waals surface area (Å²) in [5, 5.41) is 8.48. The maximum atomic E-state index is 17.1. The van der Waals surface area contributed by atoms with Gasteiger partial charge in [0.1, 0.15) is 69.7 Å². The van der Waals surface area contributed by atoms with Crippen LogP contribution in [0, 0.1) is 39.5 Å². The Morgan fingerprint density at radius 1 is 0.352 bits per heavy atom. The van der Waals surface area contributed by atoms with E-state index in [0.29, 0.717) is 92.1 Å². The summed E-state index contributed by atoms with van der Waals surface area (Å²) in [7, 11) is 2.75. The third kappa shape index (κ3) is 16.2. The number of aromatic nitrogens is 2. The molecule has 4 aliphatic rings. The summed E-state index contributed by atoms with van der Waals surface area (Å²) < 4.78 is 65.5. The van der Waals surface area contributed by atoms with Crippen LogP contribution in [0.5, 0.6) is 46.0 Å². The number of ether oxygens (including phenoxy) is 4. The predicted octanol–water partition coefficient (Wildman–Crippen LogP) is 21.7. The van der Waals surface area contributed by atoms with Crippen molar-refractivity contribution in [1.82, 2.24) is 19.8 Å². The lowest BCUT2D eigenvalue weighted by molar-refractivity contribution is -0.122. The van der Waals surface area contributed by atoms with Crippen molar-refractivity contribution in [3.8, 4) is 46.0 Å². The molecule has 15 rings (SSSR count). The number of nitrogens with zero attached hydrogens (tertiary/aromatic N) is 4. The van der Waals surface area contributed by atoms with E-state index in [1.165, 1.54) is 42.7 Å². The van der Waals surface area contributed by atoms with Gasteiger partial charge in [-0.2, -0.15) is 0 Å². The van der Waals surface area contributed by atoms with Gasteiger partial charge in [-0.25, -0.2) is 9.97 Å². The fourth-order valence-electron chi connectivity index (χ4n) is 18.6. The van der Waals surface area contributed by atoms with Gasteiger partial charge in [-0.3, -0.25) is 38.6 Å². The number of anilines is 2. The smallest absolute Gasteiger partial charge is 0.456 e. The summed E-state index contributed by atoms with van der Waals surface area (Å²) in [4.78, 5) is 112. The molecule has 2 aliphatic heterocycles. The lowest BCUT2D eigenvalue weighted by Crippen LogP contribution is -2.55. The lowest BCUT2D eigenvalue weighted by atomic mass is 9.78. The van der Waals surface area contributed by atoms with Gasteiger partial charge in [-0.15, -0.1) is 0 Å². The minimum atomic E-state index is -3.22. The van der Waals surface area contributed by atoms with Crippen LogP contribution < -0.4 is 29.6 Å². The summed E-state index contributed by atoms with van der Waals surface area (Å²) in [6.07, 6.45) is 9.96. The second kappa shape index (κ2) is 35.2. The Morgan fingerprint density at radius 3 is 0.852 bits per heavy atom. The summed E-state index contributed by atoms with van der Waals surface area (Å²) in [6.45, 7) is 24.8. The predicted molar refractivity (Wildman–Crippen MR) is 477 cm³/mol. The van der Waals surface area contributed by atoms with E-state index < -0.39 is 77.0 Å². The van der Waals surface area contributed by atoms with Gasteiger partial charge in [0.15, 0.2) is 0 Å². The number of carbonyl (C=O) groups excluding carboxylic acids is 6. The molecule has 2 atom stereocenters. The van der Waals surface area contributed by atoms with Crippen molar-refractivity contribution >= 4 is 108 Å².